The number of rotatable bonds is 1. The highest BCUT2D eigenvalue weighted by Crippen LogP contribution is 2.83. The molecule has 1 unspecified atom stereocenters. The van der Waals surface area contributed by atoms with E-state index in [4.69, 9.17) is 0 Å². The monoisotopic (exact) mass is 386 g/mol. The standard InChI is InChI=1S/C24H38N2O2/c1-22-9-8-20-18(19(22)4-5-21(22)25-28)7-10-23-13-16(6-11-24(20,23)15-23)26-12-2-3-17(27)14-26/h16-20,27-28H,2-15H2,1H3/t16?,17-,18+,19+,20+,22+,23-,24+/m1/s1. The van der Waals surface area contributed by atoms with E-state index in [-0.39, 0.29) is 11.5 Å². The van der Waals surface area contributed by atoms with Crippen molar-refractivity contribution in [1.82, 2.24) is 4.90 Å². The average molecular weight is 387 g/mol. The van der Waals surface area contributed by atoms with Gasteiger partial charge in [-0.3, -0.25) is 4.90 Å². The Labute approximate surface area is 169 Å². The summed E-state index contributed by atoms with van der Waals surface area (Å²) >= 11 is 0. The van der Waals surface area contributed by atoms with E-state index in [0.29, 0.717) is 10.8 Å². The lowest BCUT2D eigenvalue weighted by Gasteiger charge is -2.55. The van der Waals surface area contributed by atoms with Crippen molar-refractivity contribution < 1.29 is 10.3 Å². The van der Waals surface area contributed by atoms with Crippen molar-refractivity contribution in [3.05, 3.63) is 0 Å². The number of piperidine rings is 1. The summed E-state index contributed by atoms with van der Waals surface area (Å²) in [5, 5.41) is 23.5. The van der Waals surface area contributed by atoms with Gasteiger partial charge in [-0.1, -0.05) is 12.1 Å². The first-order valence-corrected chi connectivity index (χ1v) is 12.1. The minimum Gasteiger partial charge on any atom is -0.411 e. The summed E-state index contributed by atoms with van der Waals surface area (Å²) in [6, 6.07) is 0.732. The number of oxime groups is 1. The maximum atomic E-state index is 10.2. The molecule has 5 aliphatic carbocycles. The van der Waals surface area contributed by atoms with Gasteiger partial charge in [0.05, 0.1) is 11.8 Å². The minimum atomic E-state index is -0.0892. The Morgan fingerprint density at radius 3 is 2.75 bits per heavy atom. The van der Waals surface area contributed by atoms with Crippen LogP contribution in [0.15, 0.2) is 5.16 Å². The summed E-state index contributed by atoms with van der Waals surface area (Å²) in [6.07, 6.45) is 15.6. The molecule has 1 heterocycles. The van der Waals surface area contributed by atoms with Gasteiger partial charge in [-0.2, -0.15) is 0 Å². The maximum absolute atomic E-state index is 10.2. The second kappa shape index (κ2) is 5.97. The number of hydrogen-bond acceptors (Lipinski definition) is 4. The van der Waals surface area contributed by atoms with Crippen LogP contribution in [-0.2, 0) is 0 Å². The minimum absolute atomic E-state index is 0.0892. The Kier molecular flexibility index (Phi) is 3.88. The maximum Gasteiger partial charge on any atom is 0.0667 e. The third-order valence-electron chi connectivity index (χ3n) is 11.0. The number of likely N-dealkylation sites (tertiary alicyclic amines) is 1. The second-order valence-electron chi connectivity index (χ2n) is 11.8. The van der Waals surface area contributed by atoms with Crippen LogP contribution in [0.1, 0.15) is 84.0 Å². The van der Waals surface area contributed by atoms with Crippen molar-refractivity contribution >= 4 is 5.71 Å². The lowest BCUT2D eigenvalue weighted by atomic mass is 9.50. The molecule has 1 aliphatic heterocycles. The van der Waals surface area contributed by atoms with Crippen molar-refractivity contribution in [2.45, 2.75) is 96.1 Å². The number of nitrogens with zero attached hydrogens (tertiary/aromatic N) is 2. The lowest BCUT2D eigenvalue weighted by Crippen LogP contribution is -2.52. The van der Waals surface area contributed by atoms with Crippen LogP contribution in [0.3, 0.4) is 0 Å². The molecule has 28 heavy (non-hydrogen) atoms. The zero-order valence-electron chi connectivity index (χ0n) is 17.6. The molecule has 2 N–H and O–H groups in total. The smallest absolute Gasteiger partial charge is 0.0667 e. The van der Waals surface area contributed by atoms with E-state index in [2.05, 4.69) is 17.0 Å². The number of fused-ring (bicyclic) bond motifs is 3. The molecule has 6 rings (SSSR count). The topological polar surface area (TPSA) is 56.1 Å². The van der Waals surface area contributed by atoms with Crippen molar-refractivity contribution in [1.29, 1.82) is 0 Å². The van der Waals surface area contributed by atoms with Gasteiger partial charge in [0.1, 0.15) is 0 Å². The van der Waals surface area contributed by atoms with Gasteiger partial charge in [-0.25, -0.2) is 0 Å². The second-order valence-corrected chi connectivity index (χ2v) is 11.8. The molecular weight excluding hydrogens is 348 g/mol. The summed E-state index contributed by atoms with van der Waals surface area (Å²) in [4.78, 5) is 2.65. The van der Waals surface area contributed by atoms with E-state index in [0.717, 1.165) is 48.9 Å². The molecule has 4 nitrogen and oxygen atoms in total. The summed E-state index contributed by atoms with van der Waals surface area (Å²) in [5.41, 5.74) is 2.58. The fourth-order valence-electron chi connectivity index (χ4n) is 9.71. The van der Waals surface area contributed by atoms with Gasteiger partial charge in [-0.05, 0) is 112 Å². The summed E-state index contributed by atoms with van der Waals surface area (Å²) in [7, 11) is 0. The average Bonchev–Trinajstić information content (AvgIpc) is 3.28. The molecule has 6 fully saturated rings. The van der Waals surface area contributed by atoms with Crippen LogP contribution in [0.4, 0.5) is 0 Å². The van der Waals surface area contributed by atoms with Crippen molar-refractivity contribution in [3.63, 3.8) is 0 Å². The van der Waals surface area contributed by atoms with E-state index < -0.39 is 0 Å². The van der Waals surface area contributed by atoms with Gasteiger partial charge < -0.3 is 10.3 Å². The third kappa shape index (κ3) is 2.23. The van der Waals surface area contributed by atoms with Gasteiger partial charge >= 0.3 is 0 Å². The molecule has 0 spiro atoms. The number of β-amino-alcohol motifs (C(OH)–C–C–N with tert-alkyl or cyclic N) is 1. The Morgan fingerprint density at radius 2 is 1.93 bits per heavy atom. The zero-order chi connectivity index (χ0) is 19.1. The van der Waals surface area contributed by atoms with Crippen LogP contribution >= 0.6 is 0 Å². The van der Waals surface area contributed by atoms with E-state index in [1.807, 2.05) is 0 Å². The first-order valence-electron chi connectivity index (χ1n) is 12.1. The predicted octanol–water partition coefficient (Wildman–Crippen LogP) is 4.44. The molecule has 4 heteroatoms. The molecule has 1 saturated heterocycles. The number of aliphatic hydroxyl groups excluding tert-OH is 1. The molecule has 0 aromatic carbocycles. The van der Waals surface area contributed by atoms with Crippen LogP contribution in [-0.4, -0.2) is 46.2 Å². The lowest BCUT2D eigenvalue weighted by molar-refractivity contribution is -0.0576. The molecule has 6 aliphatic rings. The molecule has 5 saturated carbocycles. The largest absolute Gasteiger partial charge is 0.411 e. The van der Waals surface area contributed by atoms with Gasteiger partial charge in [0.15, 0.2) is 0 Å². The highest BCUT2D eigenvalue weighted by molar-refractivity contribution is 5.92. The number of hydrogen-bond donors (Lipinski definition) is 2. The van der Waals surface area contributed by atoms with E-state index in [9.17, 15) is 10.3 Å². The van der Waals surface area contributed by atoms with Crippen molar-refractivity contribution in [2.24, 2.45) is 39.2 Å². The van der Waals surface area contributed by atoms with Crippen LogP contribution < -0.4 is 0 Å². The van der Waals surface area contributed by atoms with E-state index in [1.54, 1.807) is 0 Å². The molecule has 156 valence electrons. The summed E-state index contributed by atoms with van der Waals surface area (Å²) in [5.74, 6) is 2.58. The Bertz CT molecular complexity index is 694. The summed E-state index contributed by atoms with van der Waals surface area (Å²) < 4.78 is 0. The van der Waals surface area contributed by atoms with Crippen LogP contribution in [0.5, 0.6) is 0 Å². The quantitative estimate of drug-likeness (QED) is 0.517. The predicted molar refractivity (Wildman–Crippen MR) is 109 cm³/mol. The number of aliphatic hydroxyl groups is 1. The van der Waals surface area contributed by atoms with Gasteiger partial charge in [0, 0.05) is 18.0 Å². The van der Waals surface area contributed by atoms with Gasteiger partial charge in [-0.15, -0.1) is 0 Å². The normalized spacial score (nSPS) is 57.2. The first kappa shape index (κ1) is 18.2. The molecule has 0 aromatic rings. The molecular formula is C24H38N2O2. The highest BCUT2D eigenvalue weighted by atomic mass is 16.4. The van der Waals surface area contributed by atoms with Gasteiger partial charge in [0.2, 0.25) is 0 Å². The Morgan fingerprint density at radius 1 is 1.04 bits per heavy atom. The third-order valence-corrected chi connectivity index (χ3v) is 11.0. The molecule has 8 atom stereocenters. The Hall–Kier alpha value is -0.610. The fourth-order valence-corrected chi connectivity index (χ4v) is 9.71. The Balaban J connectivity index is 1.22. The zero-order valence-corrected chi connectivity index (χ0v) is 17.6. The van der Waals surface area contributed by atoms with Crippen LogP contribution in [0, 0.1) is 34.0 Å². The van der Waals surface area contributed by atoms with Crippen LogP contribution in [0.25, 0.3) is 0 Å². The highest BCUT2D eigenvalue weighted by Gasteiger charge is 2.75. The van der Waals surface area contributed by atoms with Gasteiger partial charge in [0.25, 0.3) is 0 Å². The molecule has 0 aromatic heterocycles. The van der Waals surface area contributed by atoms with Crippen molar-refractivity contribution in [2.75, 3.05) is 13.1 Å². The first-order chi connectivity index (χ1) is 13.5. The van der Waals surface area contributed by atoms with E-state index >= 15 is 0 Å². The molecule has 0 radical (unpaired) electrons. The molecule has 0 amide bonds. The van der Waals surface area contributed by atoms with Crippen molar-refractivity contribution in [3.8, 4) is 0 Å². The SMILES string of the molecule is C[C@]12CC[C@H]3[C@@H](CC[C@]45CC(N6CCC[C@@H](O)C6)CC[C@]34C5)[C@@H]1CCC2=NO. The summed E-state index contributed by atoms with van der Waals surface area (Å²) in [6.45, 7) is 4.53. The fraction of sp³-hybridized carbons (Fsp3) is 0.958. The van der Waals surface area contributed by atoms with E-state index in [1.165, 1.54) is 70.8 Å². The van der Waals surface area contributed by atoms with Crippen LogP contribution in [0.2, 0.25) is 0 Å². The molecule has 0 bridgehead atoms.